The molecule has 0 spiro atoms. The molecule has 0 aromatic carbocycles. The number of hydrazone groups is 1. The highest BCUT2D eigenvalue weighted by molar-refractivity contribution is 5.87. The predicted octanol–water partition coefficient (Wildman–Crippen LogP) is 0.441. The van der Waals surface area contributed by atoms with Gasteiger partial charge in [-0.2, -0.15) is 5.10 Å². The normalized spacial score (nSPS) is 18.7. The number of hydrogen-bond acceptors (Lipinski definition) is 2. The Labute approximate surface area is 59.5 Å². The third kappa shape index (κ3) is 2.05. The highest BCUT2D eigenvalue weighted by Crippen LogP contribution is 2.29. The largest absolute Gasteiger partial charge is 0.350 e. The van der Waals surface area contributed by atoms with Crippen LogP contribution in [0.2, 0.25) is 0 Å². The Bertz CT molecular complexity index is 172. The SMILES string of the molecule is CC(=NNC(N)=O)C1CC1. The number of carbonyl (C=O) groups is 1. The molecule has 0 heterocycles. The first-order valence-electron chi connectivity index (χ1n) is 3.30. The van der Waals surface area contributed by atoms with Crippen LogP contribution in [0.15, 0.2) is 5.10 Å². The molecule has 1 fully saturated rings. The van der Waals surface area contributed by atoms with Crippen LogP contribution in [0.3, 0.4) is 0 Å². The van der Waals surface area contributed by atoms with Crippen LogP contribution in [-0.4, -0.2) is 11.7 Å². The summed E-state index contributed by atoms with van der Waals surface area (Å²) in [7, 11) is 0. The lowest BCUT2D eigenvalue weighted by Gasteiger charge is -1.95. The van der Waals surface area contributed by atoms with Crippen LogP contribution in [-0.2, 0) is 0 Å². The molecule has 0 aliphatic heterocycles. The van der Waals surface area contributed by atoms with E-state index >= 15 is 0 Å². The number of urea groups is 1. The molecule has 0 aromatic rings. The standard InChI is InChI=1S/C6H11N3O/c1-4(5-2-3-5)8-9-6(7)10/h5H,2-3H2,1H3,(H3,7,9,10). The minimum Gasteiger partial charge on any atom is -0.350 e. The summed E-state index contributed by atoms with van der Waals surface area (Å²) in [6.45, 7) is 1.90. The third-order valence-corrected chi connectivity index (χ3v) is 1.51. The molecule has 10 heavy (non-hydrogen) atoms. The summed E-state index contributed by atoms with van der Waals surface area (Å²) < 4.78 is 0. The number of nitrogens with one attached hydrogen (secondary N) is 1. The van der Waals surface area contributed by atoms with Crippen molar-refractivity contribution in [3.63, 3.8) is 0 Å². The fraction of sp³-hybridized carbons (Fsp3) is 0.667. The second-order valence-electron chi connectivity index (χ2n) is 2.50. The molecule has 4 nitrogen and oxygen atoms in total. The Hall–Kier alpha value is -1.06. The molecule has 0 atom stereocenters. The lowest BCUT2D eigenvalue weighted by Crippen LogP contribution is -2.25. The van der Waals surface area contributed by atoms with Gasteiger partial charge in [0.15, 0.2) is 0 Å². The molecule has 1 aliphatic rings. The maximum atomic E-state index is 10.2. The van der Waals surface area contributed by atoms with E-state index in [0.29, 0.717) is 5.92 Å². The molecule has 4 heteroatoms. The number of hydrogen-bond donors (Lipinski definition) is 2. The quantitative estimate of drug-likeness (QED) is 0.425. The van der Waals surface area contributed by atoms with Crippen LogP contribution < -0.4 is 11.2 Å². The number of nitrogens with zero attached hydrogens (tertiary/aromatic N) is 1. The fourth-order valence-electron chi connectivity index (χ4n) is 0.736. The fourth-order valence-corrected chi connectivity index (χ4v) is 0.736. The molecule has 3 N–H and O–H groups in total. The summed E-state index contributed by atoms with van der Waals surface area (Å²) in [4.78, 5) is 10.2. The first-order valence-corrected chi connectivity index (χ1v) is 3.30. The van der Waals surface area contributed by atoms with Crippen molar-refractivity contribution >= 4 is 11.7 Å². The molecule has 56 valence electrons. The van der Waals surface area contributed by atoms with Crippen molar-refractivity contribution in [2.45, 2.75) is 19.8 Å². The molecule has 0 bridgehead atoms. The Morgan fingerprint density at radius 2 is 2.30 bits per heavy atom. The predicted molar refractivity (Wildman–Crippen MR) is 38.6 cm³/mol. The topological polar surface area (TPSA) is 67.5 Å². The smallest absolute Gasteiger partial charge is 0.332 e. The second kappa shape index (κ2) is 2.68. The molecule has 1 rings (SSSR count). The van der Waals surface area contributed by atoms with Crippen LogP contribution in [0.4, 0.5) is 4.79 Å². The first-order chi connectivity index (χ1) is 4.70. The van der Waals surface area contributed by atoms with E-state index in [1.807, 2.05) is 6.92 Å². The van der Waals surface area contributed by atoms with Gasteiger partial charge in [-0.05, 0) is 25.7 Å². The van der Waals surface area contributed by atoms with Gasteiger partial charge in [0, 0.05) is 5.71 Å². The number of amides is 2. The van der Waals surface area contributed by atoms with Crippen molar-refractivity contribution in [2.24, 2.45) is 16.8 Å². The Morgan fingerprint density at radius 1 is 1.70 bits per heavy atom. The van der Waals surface area contributed by atoms with Crippen LogP contribution in [0.5, 0.6) is 0 Å². The van der Waals surface area contributed by atoms with Crippen molar-refractivity contribution in [2.75, 3.05) is 0 Å². The van der Waals surface area contributed by atoms with Crippen molar-refractivity contribution in [1.29, 1.82) is 0 Å². The zero-order valence-electron chi connectivity index (χ0n) is 5.92. The summed E-state index contributed by atoms with van der Waals surface area (Å²) >= 11 is 0. The monoisotopic (exact) mass is 141 g/mol. The molecular weight excluding hydrogens is 130 g/mol. The van der Waals surface area contributed by atoms with E-state index < -0.39 is 6.03 Å². The molecule has 2 amide bonds. The van der Waals surface area contributed by atoms with E-state index in [1.54, 1.807) is 0 Å². The number of rotatable bonds is 2. The van der Waals surface area contributed by atoms with Crippen LogP contribution >= 0.6 is 0 Å². The minimum atomic E-state index is -0.597. The Morgan fingerprint density at radius 3 is 2.70 bits per heavy atom. The van der Waals surface area contributed by atoms with Crippen LogP contribution in [0.1, 0.15) is 19.8 Å². The van der Waals surface area contributed by atoms with E-state index in [2.05, 4.69) is 10.5 Å². The van der Waals surface area contributed by atoms with Gasteiger partial charge in [-0.3, -0.25) is 0 Å². The lowest BCUT2D eigenvalue weighted by molar-refractivity contribution is 0.249. The summed E-state index contributed by atoms with van der Waals surface area (Å²) in [6, 6.07) is -0.597. The molecule has 0 aromatic heterocycles. The van der Waals surface area contributed by atoms with Crippen LogP contribution in [0, 0.1) is 5.92 Å². The molecule has 0 radical (unpaired) electrons. The highest BCUT2D eigenvalue weighted by atomic mass is 16.2. The zero-order valence-corrected chi connectivity index (χ0v) is 5.92. The van der Waals surface area contributed by atoms with Gasteiger partial charge in [-0.25, -0.2) is 10.2 Å². The van der Waals surface area contributed by atoms with Gasteiger partial charge in [0.25, 0.3) is 0 Å². The summed E-state index contributed by atoms with van der Waals surface area (Å²) in [5, 5.41) is 3.78. The van der Waals surface area contributed by atoms with E-state index in [1.165, 1.54) is 12.8 Å². The summed E-state index contributed by atoms with van der Waals surface area (Å²) in [5.41, 5.74) is 7.97. The first kappa shape index (κ1) is 7.05. The van der Waals surface area contributed by atoms with E-state index in [4.69, 9.17) is 5.73 Å². The van der Waals surface area contributed by atoms with E-state index in [0.717, 1.165) is 5.71 Å². The Kier molecular flexibility index (Phi) is 1.89. The highest BCUT2D eigenvalue weighted by Gasteiger charge is 2.24. The zero-order chi connectivity index (χ0) is 7.56. The maximum absolute atomic E-state index is 10.2. The van der Waals surface area contributed by atoms with Crippen molar-refractivity contribution in [1.82, 2.24) is 5.43 Å². The lowest BCUT2D eigenvalue weighted by atomic mass is 10.3. The van der Waals surface area contributed by atoms with Gasteiger partial charge in [0.2, 0.25) is 0 Å². The number of carbonyl (C=O) groups excluding carboxylic acids is 1. The molecule has 0 saturated heterocycles. The molecule has 1 aliphatic carbocycles. The summed E-state index contributed by atoms with van der Waals surface area (Å²) in [5.74, 6) is 0.590. The van der Waals surface area contributed by atoms with Crippen LogP contribution in [0.25, 0.3) is 0 Å². The number of primary amides is 1. The molecule has 1 saturated carbocycles. The van der Waals surface area contributed by atoms with Gasteiger partial charge in [0.05, 0.1) is 0 Å². The van der Waals surface area contributed by atoms with E-state index in [-0.39, 0.29) is 0 Å². The minimum absolute atomic E-state index is 0.590. The van der Waals surface area contributed by atoms with Gasteiger partial charge >= 0.3 is 6.03 Å². The molecular formula is C6H11N3O. The van der Waals surface area contributed by atoms with Crippen molar-refractivity contribution < 1.29 is 4.79 Å². The van der Waals surface area contributed by atoms with E-state index in [9.17, 15) is 4.79 Å². The average molecular weight is 141 g/mol. The molecule has 0 unspecified atom stereocenters. The van der Waals surface area contributed by atoms with Gasteiger partial charge < -0.3 is 5.73 Å². The van der Waals surface area contributed by atoms with Gasteiger partial charge in [-0.1, -0.05) is 0 Å². The third-order valence-electron chi connectivity index (χ3n) is 1.51. The second-order valence-corrected chi connectivity index (χ2v) is 2.50. The van der Waals surface area contributed by atoms with Crippen molar-refractivity contribution in [3.8, 4) is 0 Å². The maximum Gasteiger partial charge on any atom is 0.332 e. The van der Waals surface area contributed by atoms with Gasteiger partial charge in [0.1, 0.15) is 0 Å². The number of nitrogens with two attached hydrogens (primary N) is 1. The summed E-state index contributed by atoms with van der Waals surface area (Å²) in [6.07, 6.45) is 2.38. The van der Waals surface area contributed by atoms with Crippen molar-refractivity contribution in [3.05, 3.63) is 0 Å². The van der Waals surface area contributed by atoms with Gasteiger partial charge in [-0.15, -0.1) is 0 Å². The average Bonchev–Trinajstić information content (AvgIpc) is 2.63. The Balaban J connectivity index is 2.30.